The minimum atomic E-state index is -0.719. The summed E-state index contributed by atoms with van der Waals surface area (Å²) in [4.78, 5) is 30.3. The normalized spacial score (nSPS) is 16.9. The van der Waals surface area contributed by atoms with Crippen molar-refractivity contribution in [1.82, 2.24) is 0 Å². The first-order valence-corrected chi connectivity index (χ1v) is 10.5. The number of amides is 2. The summed E-state index contributed by atoms with van der Waals surface area (Å²) in [5, 5.41) is 0. The van der Waals surface area contributed by atoms with Gasteiger partial charge in [-0.2, -0.15) is 0 Å². The maximum Gasteiger partial charge on any atom is 0.254 e. The van der Waals surface area contributed by atoms with E-state index in [1.165, 1.54) is 0 Å². The van der Waals surface area contributed by atoms with E-state index in [0.29, 0.717) is 0 Å². The molecule has 4 rings (SSSR count). The molecule has 0 N–H and O–H groups in total. The summed E-state index contributed by atoms with van der Waals surface area (Å²) < 4.78 is 0. The average molecular weight is 411 g/mol. The Labute approximate surface area is 183 Å². The van der Waals surface area contributed by atoms with Crippen molar-refractivity contribution in [2.24, 2.45) is 0 Å². The lowest BCUT2D eigenvalue weighted by Crippen LogP contribution is -2.60. The zero-order valence-electron chi connectivity index (χ0n) is 18.1. The lowest BCUT2D eigenvalue weighted by molar-refractivity contribution is -0.127. The SMILES string of the molecule is Cc1ccc(N2C(=O)CN(c3c(C)cccc3C)C(=O)[C@@H]2C=Cc2ccccc2)cc1. The molecule has 1 aliphatic rings. The quantitative estimate of drug-likeness (QED) is 0.602. The number of anilines is 2. The fourth-order valence-electron chi connectivity index (χ4n) is 4.08. The van der Waals surface area contributed by atoms with Gasteiger partial charge in [-0.05, 0) is 49.6 Å². The highest BCUT2D eigenvalue weighted by atomic mass is 16.2. The molecule has 0 spiro atoms. The molecule has 4 nitrogen and oxygen atoms in total. The van der Waals surface area contributed by atoms with Crippen molar-refractivity contribution < 1.29 is 9.59 Å². The lowest BCUT2D eigenvalue weighted by atomic mass is 10.0. The third-order valence-electron chi connectivity index (χ3n) is 5.65. The number of aryl methyl sites for hydroxylation is 3. The van der Waals surface area contributed by atoms with Crippen LogP contribution in [0.1, 0.15) is 22.3 Å². The van der Waals surface area contributed by atoms with E-state index < -0.39 is 6.04 Å². The van der Waals surface area contributed by atoms with Gasteiger partial charge in [-0.3, -0.25) is 14.5 Å². The van der Waals surface area contributed by atoms with Crippen molar-refractivity contribution in [3.63, 3.8) is 0 Å². The van der Waals surface area contributed by atoms with Gasteiger partial charge in [0.05, 0.1) is 5.69 Å². The van der Waals surface area contributed by atoms with Gasteiger partial charge in [0.25, 0.3) is 5.91 Å². The van der Waals surface area contributed by atoms with Crippen molar-refractivity contribution in [3.8, 4) is 0 Å². The van der Waals surface area contributed by atoms with Crippen LogP contribution in [0.15, 0.2) is 78.9 Å². The molecule has 1 atom stereocenters. The van der Waals surface area contributed by atoms with E-state index in [1.807, 2.05) is 106 Å². The predicted octanol–water partition coefficient (Wildman–Crippen LogP) is 5.07. The fourth-order valence-corrected chi connectivity index (χ4v) is 4.08. The van der Waals surface area contributed by atoms with Crippen molar-refractivity contribution in [2.75, 3.05) is 16.3 Å². The van der Waals surface area contributed by atoms with Crippen LogP contribution in [0.25, 0.3) is 6.08 Å². The molecule has 0 unspecified atom stereocenters. The molecule has 0 aromatic heterocycles. The van der Waals surface area contributed by atoms with Gasteiger partial charge in [0, 0.05) is 5.69 Å². The van der Waals surface area contributed by atoms with E-state index in [1.54, 1.807) is 9.80 Å². The molecule has 1 fully saturated rings. The van der Waals surface area contributed by atoms with Gasteiger partial charge in [-0.1, -0.05) is 78.4 Å². The van der Waals surface area contributed by atoms with Crippen LogP contribution < -0.4 is 9.80 Å². The van der Waals surface area contributed by atoms with E-state index >= 15 is 0 Å². The molecule has 0 saturated carbocycles. The van der Waals surface area contributed by atoms with Gasteiger partial charge >= 0.3 is 0 Å². The zero-order valence-corrected chi connectivity index (χ0v) is 18.1. The topological polar surface area (TPSA) is 40.6 Å². The largest absolute Gasteiger partial charge is 0.300 e. The molecule has 0 aliphatic carbocycles. The van der Waals surface area contributed by atoms with Gasteiger partial charge in [-0.25, -0.2) is 0 Å². The van der Waals surface area contributed by atoms with Crippen molar-refractivity contribution >= 4 is 29.3 Å². The predicted molar refractivity (Wildman–Crippen MR) is 126 cm³/mol. The van der Waals surface area contributed by atoms with E-state index in [4.69, 9.17) is 0 Å². The molecule has 31 heavy (non-hydrogen) atoms. The highest BCUT2D eigenvalue weighted by Crippen LogP contribution is 2.31. The monoisotopic (exact) mass is 410 g/mol. The molecular weight excluding hydrogens is 384 g/mol. The standard InChI is InChI=1S/C27H26N2O2/c1-19-12-15-23(16-13-19)29-24(17-14-22-10-5-4-6-11-22)27(31)28(18-25(29)30)26-20(2)8-7-9-21(26)3/h4-17,24H,18H2,1-3H3/t24-/m0/s1. The van der Waals surface area contributed by atoms with Gasteiger partial charge < -0.3 is 4.90 Å². The van der Waals surface area contributed by atoms with E-state index in [2.05, 4.69) is 0 Å². The van der Waals surface area contributed by atoms with Crippen LogP contribution in [0.5, 0.6) is 0 Å². The van der Waals surface area contributed by atoms with E-state index in [0.717, 1.165) is 33.6 Å². The minimum Gasteiger partial charge on any atom is -0.300 e. The van der Waals surface area contributed by atoms with Crippen LogP contribution in [0, 0.1) is 20.8 Å². The van der Waals surface area contributed by atoms with Crippen molar-refractivity contribution in [1.29, 1.82) is 0 Å². The first-order chi connectivity index (χ1) is 15.0. The summed E-state index contributed by atoms with van der Waals surface area (Å²) in [6, 6.07) is 22.7. The Morgan fingerprint density at radius 1 is 0.806 bits per heavy atom. The number of para-hydroxylation sites is 1. The summed E-state index contributed by atoms with van der Waals surface area (Å²) in [6.07, 6.45) is 3.74. The number of carbonyl (C=O) groups excluding carboxylic acids is 2. The summed E-state index contributed by atoms with van der Waals surface area (Å²) in [6.45, 7) is 5.97. The second kappa shape index (κ2) is 8.60. The van der Waals surface area contributed by atoms with Gasteiger partial charge in [0.1, 0.15) is 12.6 Å². The Hall–Kier alpha value is -3.66. The summed E-state index contributed by atoms with van der Waals surface area (Å²) in [7, 11) is 0. The molecule has 3 aromatic rings. The Morgan fingerprint density at radius 2 is 1.45 bits per heavy atom. The molecule has 1 saturated heterocycles. The molecule has 1 heterocycles. The Kier molecular flexibility index (Phi) is 5.72. The van der Waals surface area contributed by atoms with E-state index in [-0.39, 0.29) is 18.4 Å². The molecule has 156 valence electrons. The maximum atomic E-state index is 13.7. The van der Waals surface area contributed by atoms with E-state index in [9.17, 15) is 9.59 Å². The third kappa shape index (κ3) is 4.15. The zero-order chi connectivity index (χ0) is 22.0. The average Bonchev–Trinajstić information content (AvgIpc) is 2.76. The Balaban J connectivity index is 1.78. The number of rotatable bonds is 4. The Bertz CT molecular complexity index is 1110. The van der Waals surface area contributed by atoms with Crippen LogP contribution in [-0.2, 0) is 9.59 Å². The first kappa shape index (κ1) is 20.6. The molecule has 0 bridgehead atoms. The summed E-state index contributed by atoms with van der Waals surface area (Å²) in [5.41, 5.74) is 5.60. The van der Waals surface area contributed by atoms with Crippen molar-refractivity contribution in [3.05, 3.63) is 101 Å². The highest BCUT2D eigenvalue weighted by molar-refractivity contribution is 6.15. The van der Waals surface area contributed by atoms with Crippen LogP contribution in [-0.4, -0.2) is 24.4 Å². The summed E-state index contributed by atoms with van der Waals surface area (Å²) >= 11 is 0. The van der Waals surface area contributed by atoms with Crippen LogP contribution in [0.4, 0.5) is 11.4 Å². The number of hydrogen-bond acceptors (Lipinski definition) is 2. The van der Waals surface area contributed by atoms with Crippen LogP contribution in [0.2, 0.25) is 0 Å². The van der Waals surface area contributed by atoms with Crippen LogP contribution >= 0.6 is 0 Å². The minimum absolute atomic E-state index is 0.0219. The number of nitrogens with zero attached hydrogens (tertiary/aromatic N) is 2. The van der Waals surface area contributed by atoms with Gasteiger partial charge in [-0.15, -0.1) is 0 Å². The number of carbonyl (C=O) groups is 2. The van der Waals surface area contributed by atoms with Crippen LogP contribution in [0.3, 0.4) is 0 Å². The highest BCUT2D eigenvalue weighted by Gasteiger charge is 2.40. The third-order valence-corrected chi connectivity index (χ3v) is 5.65. The summed E-state index contributed by atoms with van der Waals surface area (Å²) in [5.74, 6) is -0.210. The lowest BCUT2D eigenvalue weighted by Gasteiger charge is -2.40. The molecule has 1 aliphatic heterocycles. The fraction of sp³-hybridized carbons (Fsp3) is 0.185. The van der Waals surface area contributed by atoms with Gasteiger partial charge in [0.2, 0.25) is 5.91 Å². The smallest absolute Gasteiger partial charge is 0.254 e. The van der Waals surface area contributed by atoms with Gasteiger partial charge in [0.15, 0.2) is 0 Å². The molecular formula is C27H26N2O2. The number of piperazine rings is 1. The maximum absolute atomic E-state index is 13.7. The molecule has 0 radical (unpaired) electrons. The van der Waals surface area contributed by atoms with Crippen molar-refractivity contribution in [2.45, 2.75) is 26.8 Å². The molecule has 3 aromatic carbocycles. The second-order valence-corrected chi connectivity index (χ2v) is 7.98. The number of benzene rings is 3. The first-order valence-electron chi connectivity index (χ1n) is 10.5. The second-order valence-electron chi connectivity index (χ2n) is 7.98. The molecule has 4 heteroatoms. The molecule has 2 amide bonds. The number of hydrogen-bond donors (Lipinski definition) is 0. The Morgan fingerprint density at radius 3 is 2.10 bits per heavy atom.